The van der Waals surface area contributed by atoms with Gasteiger partial charge in [0.1, 0.15) is 5.75 Å². The molecule has 5 nitrogen and oxygen atoms in total. The van der Waals surface area contributed by atoms with Gasteiger partial charge in [0.15, 0.2) is 0 Å². The molecule has 2 fully saturated rings. The van der Waals surface area contributed by atoms with Crippen molar-refractivity contribution >= 4 is 35.1 Å². The van der Waals surface area contributed by atoms with E-state index in [2.05, 4.69) is 46.9 Å². The summed E-state index contributed by atoms with van der Waals surface area (Å²) in [7, 11) is 1.87. The number of anilines is 1. The van der Waals surface area contributed by atoms with Crippen LogP contribution in [-0.2, 0) is 16.6 Å². The number of allylic oxidation sites excluding steroid dienone is 1. The third-order valence-electron chi connectivity index (χ3n) is 11.0. The third kappa shape index (κ3) is 6.09. The number of hydrogen-bond acceptors (Lipinski definition) is 5. The maximum Gasteiger partial charge on any atom is 0.261 e. The lowest BCUT2D eigenvalue weighted by Gasteiger charge is -2.46. The summed E-state index contributed by atoms with van der Waals surface area (Å²) >= 11 is 8.08. The van der Waals surface area contributed by atoms with Crippen molar-refractivity contribution in [3.05, 3.63) is 70.3 Å². The lowest BCUT2D eigenvalue weighted by atomic mass is 9.68. The fraction of sp³-hybridized carbons (Fsp3) is 0.583. The second-order valence-corrected chi connectivity index (χ2v) is 15.4. The number of benzene rings is 2. The first-order valence-electron chi connectivity index (χ1n) is 16.4. The molecule has 7 heteroatoms. The van der Waals surface area contributed by atoms with Crippen LogP contribution in [0.15, 0.2) is 48.6 Å². The molecule has 0 aromatic heterocycles. The van der Waals surface area contributed by atoms with E-state index in [-0.39, 0.29) is 17.4 Å². The van der Waals surface area contributed by atoms with Crippen molar-refractivity contribution < 1.29 is 14.3 Å². The lowest BCUT2D eigenvalue weighted by molar-refractivity contribution is 0.0131. The van der Waals surface area contributed by atoms with Gasteiger partial charge in [-0.3, -0.25) is 9.52 Å². The van der Waals surface area contributed by atoms with E-state index in [1.807, 2.05) is 25.3 Å². The normalized spacial score (nSPS) is 33.3. The molecule has 5 aliphatic rings. The zero-order valence-electron chi connectivity index (χ0n) is 25.5. The van der Waals surface area contributed by atoms with Crippen molar-refractivity contribution in [1.82, 2.24) is 4.72 Å². The van der Waals surface area contributed by atoms with E-state index in [1.165, 1.54) is 43.2 Å². The molecule has 0 radical (unpaired) electrons. The first kappa shape index (κ1) is 29.6. The van der Waals surface area contributed by atoms with Crippen molar-refractivity contribution in [2.24, 2.45) is 23.7 Å². The summed E-state index contributed by atoms with van der Waals surface area (Å²) in [5, 5.41) is 1.20. The van der Waals surface area contributed by atoms with Crippen LogP contribution >= 0.6 is 23.5 Å². The molecule has 6 atom stereocenters. The van der Waals surface area contributed by atoms with Gasteiger partial charge in [-0.15, -0.1) is 0 Å². The van der Waals surface area contributed by atoms with Crippen LogP contribution in [0.2, 0.25) is 5.02 Å². The second-order valence-electron chi connectivity index (χ2n) is 13.9. The molecule has 3 aliphatic carbocycles. The van der Waals surface area contributed by atoms with Gasteiger partial charge in [0.05, 0.1) is 18.4 Å². The van der Waals surface area contributed by atoms with Gasteiger partial charge in [-0.2, -0.15) is 0 Å². The minimum Gasteiger partial charge on any atom is -0.490 e. The zero-order chi connectivity index (χ0) is 29.6. The smallest absolute Gasteiger partial charge is 0.261 e. The number of carbonyl (C=O) groups is 1. The zero-order valence-corrected chi connectivity index (χ0v) is 27.1. The minimum absolute atomic E-state index is 0.0130. The summed E-state index contributed by atoms with van der Waals surface area (Å²) in [6.45, 7) is 4.76. The summed E-state index contributed by atoms with van der Waals surface area (Å²) in [6, 6.07) is 12.5. The third-order valence-corrected chi connectivity index (χ3v) is 12.5. The van der Waals surface area contributed by atoms with Crippen LogP contribution in [0.4, 0.5) is 5.69 Å². The number of nitrogens with zero attached hydrogens (tertiary/aromatic N) is 1. The van der Waals surface area contributed by atoms with Crippen LogP contribution in [0.25, 0.3) is 0 Å². The molecule has 2 aromatic rings. The summed E-state index contributed by atoms with van der Waals surface area (Å²) in [4.78, 5) is 16.1. The van der Waals surface area contributed by atoms with E-state index in [0.29, 0.717) is 35.2 Å². The quantitative estimate of drug-likeness (QED) is 0.278. The number of rotatable bonds is 3. The van der Waals surface area contributed by atoms with Gasteiger partial charge in [0.25, 0.3) is 5.91 Å². The number of methoxy groups -OCH3 is 1. The Morgan fingerprint density at radius 2 is 2.05 bits per heavy atom. The fourth-order valence-electron chi connectivity index (χ4n) is 8.03. The van der Waals surface area contributed by atoms with Gasteiger partial charge in [-0.25, -0.2) is 0 Å². The number of hydrogen-bond donors (Lipinski definition) is 1. The van der Waals surface area contributed by atoms with Gasteiger partial charge in [-0.1, -0.05) is 49.6 Å². The first-order valence-corrected chi connectivity index (χ1v) is 17.6. The predicted molar refractivity (Wildman–Crippen MR) is 176 cm³/mol. The molecule has 0 saturated heterocycles. The van der Waals surface area contributed by atoms with Crippen molar-refractivity contribution in [1.29, 1.82) is 0 Å². The first-order chi connectivity index (χ1) is 20.9. The predicted octanol–water partition coefficient (Wildman–Crippen LogP) is 8.00. The molecule has 7 rings (SSSR count). The number of carbonyl (C=O) groups excluding carboxylic acids is 1. The maximum absolute atomic E-state index is 13.6. The van der Waals surface area contributed by atoms with Crippen molar-refractivity contribution in [2.75, 3.05) is 31.7 Å². The average Bonchev–Trinajstić information content (AvgIpc) is 3.83. The molecule has 1 N–H and O–H groups in total. The molecule has 2 bridgehead atoms. The van der Waals surface area contributed by atoms with Gasteiger partial charge in [-0.05, 0) is 122 Å². The monoisotopic (exact) mass is 620 g/mol. The highest BCUT2D eigenvalue weighted by Crippen LogP contribution is 2.47. The Labute approximate surface area is 266 Å². The Morgan fingerprint density at radius 1 is 1.16 bits per heavy atom. The van der Waals surface area contributed by atoms with E-state index in [0.717, 1.165) is 61.2 Å². The number of halogens is 1. The molecule has 2 heterocycles. The van der Waals surface area contributed by atoms with Crippen LogP contribution in [-0.4, -0.2) is 44.1 Å². The Morgan fingerprint density at radius 3 is 2.84 bits per heavy atom. The Kier molecular flexibility index (Phi) is 8.47. The summed E-state index contributed by atoms with van der Waals surface area (Å²) in [5.74, 6) is 3.16. The van der Waals surface area contributed by atoms with Gasteiger partial charge in [0.2, 0.25) is 0 Å². The number of aryl methyl sites for hydroxylation is 1. The van der Waals surface area contributed by atoms with E-state index in [1.54, 1.807) is 11.9 Å². The molecule has 2 aromatic carbocycles. The van der Waals surface area contributed by atoms with Crippen LogP contribution < -0.4 is 14.4 Å². The van der Waals surface area contributed by atoms with Crippen LogP contribution in [0.5, 0.6) is 5.75 Å². The Balaban J connectivity index is 1.25. The van der Waals surface area contributed by atoms with Crippen LogP contribution in [0.3, 0.4) is 0 Å². The van der Waals surface area contributed by atoms with E-state index in [9.17, 15) is 4.79 Å². The van der Waals surface area contributed by atoms with Gasteiger partial charge in [0, 0.05) is 41.5 Å². The molecule has 43 heavy (non-hydrogen) atoms. The fourth-order valence-corrected chi connectivity index (χ4v) is 9.32. The molecule has 230 valence electrons. The van der Waals surface area contributed by atoms with Gasteiger partial charge < -0.3 is 14.4 Å². The molecule has 0 unspecified atom stereocenters. The second kappa shape index (κ2) is 12.3. The molecule has 1 amide bonds. The minimum atomic E-state index is -0.123. The van der Waals surface area contributed by atoms with E-state index in [4.69, 9.17) is 21.1 Å². The van der Waals surface area contributed by atoms with Crippen LogP contribution in [0.1, 0.15) is 79.8 Å². The molecule has 2 saturated carbocycles. The standard InChI is InChI=1S/C36H45ClN2O3S/c1-23-5-3-7-32(41-2)29-13-10-27(29)20-39-21-36(16-4-6-25-18-28(37)12-14-30(25)36)22-42-33-15-11-26(19-31(33)39)35(40)38-43-34(23)17-24-8-9-24/h3,7,11-12,14-15,18-19,23-24,27,29,32,34H,4-6,8-10,13,16-17,20-22H2,1-2H3,(H,38,40)/b7-3-/t23-,27+,29-,32+,34+,36+/m1/s1. The molecular formula is C36H45ClN2O3S. The summed E-state index contributed by atoms with van der Waals surface area (Å²) in [5.41, 5.74) is 4.34. The van der Waals surface area contributed by atoms with Crippen LogP contribution in [0, 0.1) is 23.7 Å². The Bertz CT molecular complexity index is 1380. The maximum atomic E-state index is 13.6. The highest BCUT2D eigenvalue weighted by Gasteiger charge is 2.44. The summed E-state index contributed by atoms with van der Waals surface area (Å²) < 4.78 is 16.1. The number of fused-ring (bicyclic) bond motifs is 4. The highest BCUT2D eigenvalue weighted by molar-refractivity contribution is 7.98. The van der Waals surface area contributed by atoms with Crippen molar-refractivity contribution in [2.45, 2.75) is 81.5 Å². The SMILES string of the molecule is CO[C@H]1/C=C\C[C@@H](C)[C@H](CC2CC2)SNC(=O)c2ccc3c(c2)N(C[C@@H]2CC[C@H]21)C[C@@]1(CCCc2cc(Cl)ccc21)CO3. The molecular weight excluding hydrogens is 576 g/mol. The highest BCUT2D eigenvalue weighted by atomic mass is 35.5. The van der Waals surface area contributed by atoms with E-state index < -0.39 is 0 Å². The van der Waals surface area contributed by atoms with Crippen molar-refractivity contribution in [3.63, 3.8) is 0 Å². The van der Waals surface area contributed by atoms with Gasteiger partial charge >= 0.3 is 0 Å². The number of ether oxygens (including phenoxy) is 2. The largest absolute Gasteiger partial charge is 0.490 e. The average molecular weight is 621 g/mol. The lowest BCUT2D eigenvalue weighted by Crippen LogP contribution is -2.49. The topological polar surface area (TPSA) is 50.8 Å². The Hall–Kier alpha value is -2.15. The van der Waals surface area contributed by atoms with Crippen molar-refractivity contribution in [3.8, 4) is 5.75 Å². The molecule has 1 spiro atoms. The molecule has 2 aliphatic heterocycles. The summed E-state index contributed by atoms with van der Waals surface area (Å²) in [6.07, 6.45) is 15.3. The number of nitrogens with one attached hydrogen (secondary N) is 1. The number of amides is 1. The van der Waals surface area contributed by atoms with E-state index >= 15 is 0 Å².